The normalized spacial score (nSPS) is 12.7. The maximum Gasteiger partial charge on any atom is 0.293 e. The van der Waals surface area contributed by atoms with Crippen LogP contribution in [0.5, 0.6) is 0 Å². The molecule has 4 heterocycles. The second kappa shape index (κ2) is 8.47. The van der Waals surface area contributed by atoms with Gasteiger partial charge in [0.15, 0.2) is 16.6 Å². The summed E-state index contributed by atoms with van der Waals surface area (Å²) in [6.07, 6.45) is 0. The third-order valence-electron chi connectivity index (χ3n) is 7.61. The van der Waals surface area contributed by atoms with Gasteiger partial charge in [0, 0.05) is 21.6 Å². The zero-order valence-corrected chi connectivity index (χ0v) is 24.3. The van der Waals surface area contributed by atoms with E-state index in [0.29, 0.717) is 5.71 Å². The second-order valence-corrected chi connectivity index (χ2v) is 12.7. The zero-order chi connectivity index (χ0) is 27.9. The lowest BCUT2D eigenvalue weighted by Gasteiger charge is -2.23. The monoisotopic (exact) mass is 518 g/mol. The summed E-state index contributed by atoms with van der Waals surface area (Å²) in [5, 5.41) is 2.06. The maximum atomic E-state index is 6.60. The molecule has 198 valence electrons. The molecule has 0 saturated heterocycles. The van der Waals surface area contributed by atoms with E-state index in [0.717, 1.165) is 56.2 Å². The molecule has 0 aliphatic rings. The van der Waals surface area contributed by atoms with Gasteiger partial charge in [-0.1, -0.05) is 65.8 Å². The molecule has 0 radical (unpaired) electrons. The van der Waals surface area contributed by atoms with Gasteiger partial charge < -0.3 is 4.42 Å². The van der Waals surface area contributed by atoms with Crippen molar-refractivity contribution < 1.29 is 8.98 Å². The summed E-state index contributed by atoms with van der Waals surface area (Å²) in [6.45, 7) is 15.1. The summed E-state index contributed by atoms with van der Waals surface area (Å²) in [5.74, 6) is 1.91. The number of furan rings is 1. The number of aromatic nitrogens is 5. The Hall–Kier alpha value is -4.06. The molecule has 0 fully saturated rings. The second-order valence-electron chi connectivity index (χ2n) is 12.7. The third kappa shape index (κ3) is 4.01. The topological polar surface area (TPSA) is 60.6 Å². The number of rotatable bonds is 2. The summed E-state index contributed by atoms with van der Waals surface area (Å²) in [4.78, 5) is 14.9. The average molecular weight is 519 g/mol. The van der Waals surface area contributed by atoms with Crippen LogP contribution in [0.3, 0.4) is 0 Å². The lowest BCUT2D eigenvalue weighted by atomic mass is 9.89. The van der Waals surface area contributed by atoms with Crippen molar-refractivity contribution in [3.63, 3.8) is 0 Å². The SMILES string of the molecule is Cc1ccc2c(oc3nc(-c4cc(C(C)(C)C)nc(C(C)(C)C)n4)ccc32)c1-c1n(C)c2ccccc2[n+]1C. The van der Waals surface area contributed by atoms with Crippen LogP contribution in [0.1, 0.15) is 58.6 Å². The molecule has 0 saturated carbocycles. The number of pyridine rings is 1. The fraction of sp³-hybridized carbons (Fsp3) is 0.333. The van der Waals surface area contributed by atoms with E-state index in [9.17, 15) is 0 Å². The predicted octanol–water partition coefficient (Wildman–Crippen LogP) is 7.32. The molecular weight excluding hydrogens is 482 g/mol. The Morgan fingerprint density at radius 2 is 1.51 bits per heavy atom. The molecule has 0 spiro atoms. The van der Waals surface area contributed by atoms with E-state index in [1.54, 1.807) is 0 Å². The van der Waals surface area contributed by atoms with E-state index in [-0.39, 0.29) is 10.8 Å². The molecule has 2 aromatic carbocycles. The predicted molar refractivity (Wildman–Crippen MR) is 158 cm³/mol. The van der Waals surface area contributed by atoms with Crippen molar-refractivity contribution in [3.05, 3.63) is 71.7 Å². The maximum absolute atomic E-state index is 6.60. The van der Waals surface area contributed by atoms with Crippen LogP contribution in [-0.4, -0.2) is 19.5 Å². The van der Waals surface area contributed by atoms with Gasteiger partial charge >= 0.3 is 0 Å². The highest BCUT2D eigenvalue weighted by atomic mass is 16.3. The molecule has 6 rings (SSSR count). The summed E-state index contributed by atoms with van der Waals surface area (Å²) in [6, 6.07) is 19.0. The molecule has 0 amide bonds. The first-order valence-corrected chi connectivity index (χ1v) is 13.5. The molecule has 0 bridgehead atoms. The van der Waals surface area contributed by atoms with Gasteiger partial charge in [0.05, 0.1) is 31.2 Å². The summed E-state index contributed by atoms with van der Waals surface area (Å²) < 4.78 is 11.1. The number of fused-ring (bicyclic) bond motifs is 4. The van der Waals surface area contributed by atoms with E-state index in [4.69, 9.17) is 19.4 Å². The van der Waals surface area contributed by atoms with Gasteiger partial charge in [0.1, 0.15) is 11.4 Å². The van der Waals surface area contributed by atoms with Gasteiger partial charge in [-0.2, -0.15) is 0 Å². The van der Waals surface area contributed by atoms with Crippen molar-refractivity contribution in [1.82, 2.24) is 19.5 Å². The smallest absolute Gasteiger partial charge is 0.293 e. The number of imidazole rings is 1. The summed E-state index contributed by atoms with van der Waals surface area (Å²) in [5.41, 5.74) is 8.38. The van der Waals surface area contributed by atoms with E-state index in [1.165, 1.54) is 11.0 Å². The first kappa shape index (κ1) is 25.2. The van der Waals surface area contributed by atoms with Gasteiger partial charge in [-0.25, -0.2) is 24.1 Å². The molecule has 0 N–H and O–H groups in total. The van der Waals surface area contributed by atoms with Crippen LogP contribution in [-0.2, 0) is 24.9 Å². The molecule has 6 nitrogen and oxygen atoms in total. The van der Waals surface area contributed by atoms with E-state index in [2.05, 4.69) is 126 Å². The largest absolute Gasteiger partial charge is 0.437 e. The van der Waals surface area contributed by atoms with Crippen molar-refractivity contribution in [3.8, 4) is 22.8 Å². The number of nitrogens with zero attached hydrogens (tertiary/aromatic N) is 5. The average Bonchev–Trinajstić information content (AvgIpc) is 3.37. The highest BCUT2D eigenvalue weighted by Gasteiger charge is 2.28. The van der Waals surface area contributed by atoms with Gasteiger partial charge in [-0.3, -0.25) is 0 Å². The van der Waals surface area contributed by atoms with Gasteiger partial charge in [0.2, 0.25) is 5.71 Å². The Bertz CT molecular complexity index is 1840. The van der Waals surface area contributed by atoms with Crippen molar-refractivity contribution in [2.75, 3.05) is 0 Å². The molecule has 6 aromatic rings. The number of para-hydroxylation sites is 2. The van der Waals surface area contributed by atoms with Crippen LogP contribution in [0.2, 0.25) is 0 Å². The quantitative estimate of drug-likeness (QED) is 0.225. The Morgan fingerprint density at radius 1 is 0.795 bits per heavy atom. The highest BCUT2D eigenvalue weighted by Crippen LogP contribution is 2.38. The lowest BCUT2D eigenvalue weighted by Crippen LogP contribution is -2.30. The number of hydrogen-bond donors (Lipinski definition) is 0. The van der Waals surface area contributed by atoms with E-state index in [1.807, 2.05) is 0 Å². The minimum Gasteiger partial charge on any atom is -0.437 e. The standard InChI is InChI=1S/C33H36N5O/c1-19-14-15-20-21-16-17-22(23-18-26(32(2,3)4)36-31(35-23)33(5,6)7)34-29(21)39-28(20)27(19)30-37(8)24-12-10-11-13-25(24)38(30)9/h10-18H,1-9H3/q+1. The van der Waals surface area contributed by atoms with Crippen molar-refractivity contribution >= 4 is 33.1 Å². The minimum absolute atomic E-state index is 0.109. The van der Waals surface area contributed by atoms with E-state index >= 15 is 0 Å². The first-order valence-electron chi connectivity index (χ1n) is 13.5. The van der Waals surface area contributed by atoms with Crippen LogP contribution in [0.4, 0.5) is 0 Å². The van der Waals surface area contributed by atoms with Gasteiger partial charge in [-0.05, 0) is 42.8 Å². The molecule has 39 heavy (non-hydrogen) atoms. The van der Waals surface area contributed by atoms with Crippen LogP contribution in [0.25, 0.3) is 55.9 Å². The highest BCUT2D eigenvalue weighted by molar-refractivity contribution is 6.09. The Morgan fingerprint density at radius 3 is 2.21 bits per heavy atom. The van der Waals surface area contributed by atoms with Crippen molar-refractivity contribution in [2.24, 2.45) is 14.1 Å². The van der Waals surface area contributed by atoms with Crippen LogP contribution >= 0.6 is 0 Å². The van der Waals surface area contributed by atoms with E-state index < -0.39 is 0 Å². The van der Waals surface area contributed by atoms with Crippen LogP contribution in [0, 0.1) is 6.92 Å². The van der Waals surface area contributed by atoms with Crippen LogP contribution in [0.15, 0.2) is 59.0 Å². The molecular formula is C33H36N5O+. The van der Waals surface area contributed by atoms with Gasteiger partial charge in [-0.15, -0.1) is 0 Å². The Balaban J connectivity index is 1.59. The van der Waals surface area contributed by atoms with Crippen molar-refractivity contribution in [2.45, 2.75) is 59.3 Å². The number of benzene rings is 2. The Labute approximate surface area is 229 Å². The first-order chi connectivity index (χ1) is 18.3. The van der Waals surface area contributed by atoms with Gasteiger partial charge in [0.25, 0.3) is 5.82 Å². The fourth-order valence-corrected chi connectivity index (χ4v) is 5.36. The molecule has 0 aliphatic heterocycles. The van der Waals surface area contributed by atoms with Crippen molar-refractivity contribution in [1.29, 1.82) is 0 Å². The summed E-state index contributed by atoms with van der Waals surface area (Å²) in [7, 11) is 4.23. The number of hydrogen-bond acceptors (Lipinski definition) is 4. The molecule has 6 heteroatoms. The minimum atomic E-state index is -0.181. The third-order valence-corrected chi connectivity index (χ3v) is 7.61. The lowest BCUT2D eigenvalue weighted by molar-refractivity contribution is -0.634. The molecule has 0 aliphatic carbocycles. The Kier molecular flexibility index (Phi) is 5.48. The fourth-order valence-electron chi connectivity index (χ4n) is 5.36. The summed E-state index contributed by atoms with van der Waals surface area (Å²) >= 11 is 0. The zero-order valence-electron chi connectivity index (χ0n) is 24.3. The molecule has 0 atom stereocenters. The number of aryl methyl sites for hydroxylation is 3. The molecule has 0 unspecified atom stereocenters. The molecule has 4 aromatic heterocycles. The van der Waals surface area contributed by atoms with Crippen LogP contribution < -0.4 is 4.57 Å².